The zero-order chi connectivity index (χ0) is 11.6. The van der Waals surface area contributed by atoms with Crippen LogP contribution in [0, 0.1) is 0 Å². The topological polar surface area (TPSA) is 20.2 Å². The van der Waals surface area contributed by atoms with E-state index in [-0.39, 0.29) is 6.61 Å². The standard InChI is InChI=1S/C15H18O/c1-2-3-4-5-6-7-8-14-9-11-15(13-16)12-10-14/h2-6,9-12,16H,1,7-8,13H2/b4-3-,6-5-. The quantitative estimate of drug-likeness (QED) is 0.719. The maximum absolute atomic E-state index is 8.90. The summed E-state index contributed by atoms with van der Waals surface area (Å²) in [5.74, 6) is 0. The molecular weight excluding hydrogens is 196 g/mol. The lowest BCUT2D eigenvalue weighted by molar-refractivity contribution is 0.282. The van der Waals surface area contributed by atoms with Gasteiger partial charge < -0.3 is 5.11 Å². The molecule has 0 radical (unpaired) electrons. The second kappa shape index (κ2) is 7.66. The number of hydrogen-bond donors (Lipinski definition) is 1. The van der Waals surface area contributed by atoms with E-state index in [1.807, 2.05) is 30.4 Å². The van der Waals surface area contributed by atoms with Gasteiger partial charge in [0.25, 0.3) is 0 Å². The third-order valence-electron chi connectivity index (χ3n) is 2.30. The highest BCUT2D eigenvalue weighted by atomic mass is 16.3. The second-order valence-corrected chi connectivity index (χ2v) is 3.56. The van der Waals surface area contributed by atoms with Gasteiger partial charge in [0.15, 0.2) is 0 Å². The normalized spacial score (nSPS) is 11.3. The van der Waals surface area contributed by atoms with Crippen LogP contribution in [-0.2, 0) is 13.0 Å². The smallest absolute Gasteiger partial charge is 0.0681 e. The maximum atomic E-state index is 8.90. The molecule has 0 spiro atoms. The Morgan fingerprint density at radius 2 is 1.69 bits per heavy atom. The van der Waals surface area contributed by atoms with Gasteiger partial charge in [0.2, 0.25) is 0 Å². The first-order chi connectivity index (χ1) is 7.86. The van der Waals surface area contributed by atoms with Gasteiger partial charge >= 0.3 is 0 Å². The van der Waals surface area contributed by atoms with Crippen molar-refractivity contribution >= 4 is 0 Å². The van der Waals surface area contributed by atoms with E-state index in [1.165, 1.54) is 5.56 Å². The van der Waals surface area contributed by atoms with E-state index in [0.717, 1.165) is 18.4 Å². The fraction of sp³-hybridized carbons (Fsp3) is 0.200. The predicted molar refractivity (Wildman–Crippen MR) is 69.2 cm³/mol. The molecule has 0 saturated carbocycles. The summed E-state index contributed by atoms with van der Waals surface area (Å²) in [5.41, 5.74) is 2.27. The number of hydrogen-bond acceptors (Lipinski definition) is 1. The Hall–Kier alpha value is -1.60. The first kappa shape index (κ1) is 12.5. The molecule has 1 heteroatoms. The molecule has 0 bridgehead atoms. The maximum Gasteiger partial charge on any atom is 0.0681 e. The summed E-state index contributed by atoms with van der Waals surface area (Å²) < 4.78 is 0. The molecule has 84 valence electrons. The first-order valence-electron chi connectivity index (χ1n) is 5.49. The monoisotopic (exact) mass is 214 g/mol. The molecule has 16 heavy (non-hydrogen) atoms. The molecule has 0 aliphatic rings. The average molecular weight is 214 g/mol. The summed E-state index contributed by atoms with van der Waals surface area (Å²) in [7, 11) is 0. The highest BCUT2D eigenvalue weighted by Gasteiger charge is 1.92. The average Bonchev–Trinajstić information content (AvgIpc) is 2.34. The van der Waals surface area contributed by atoms with Gasteiger partial charge in [-0.2, -0.15) is 0 Å². The van der Waals surface area contributed by atoms with E-state index in [4.69, 9.17) is 5.11 Å². The van der Waals surface area contributed by atoms with E-state index in [9.17, 15) is 0 Å². The van der Waals surface area contributed by atoms with Crippen molar-refractivity contribution in [2.24, 2.45) is 0 Å². The molecule has 0 aromatic heterocycles. The molecule has 0 fully saturated rings. The van der Waals surface area contributed by atoms with Crippen molar-refractivity contribution in [2.45, 2.75) is 19.4 Å². The lowest BCUT2D eigenvalue weighted by atomic mass is 10.1. The van der Waals surface area contributed by atoms with Crippen LogP contribution in [0.25, 0.3) is 0 Å². The molecule has 0 saturated heterocycles. The third-order valence-corrected chi connectivity index (χ3v) is 2.30. The second-order valence-electron chi connectivity index (χ2n) is 3.56. The molecular formula is C15H18O. The molecule has 1 nitrogen and oxygen atoms in total. The van der Waals surface area contributed by atoms with E-state index in [2.05, 4.69) is 24.8 Å². The van der Waals surface area contributed by atoms with Gasteiger partial charge in [-0.1, -0.05) is 61.2 Å². The van der Waals surface area contributed by atoms with Crippen LogP contribution < -0.4 is 0 Å². The van der Waals surface area contributed by atoms with Gasteiger partial charge in [-0.05, 0) is 24.0 Å². The van der Waals surface area contributed by atoms with Crippen LogP contribution in [0.15, 0.2) is 61.2 Å². The predicted octanol–water partition coefficient (Wildman–Crippen LogP) is 3.41. The van der Waals surface area contributed by atoms with Gasteiger partial charge in [0, 0.05) is 0 Å². The number of allylic oxidation sites excluding steroid dienone is 5. The molecule has 1 aromatic carbocycles. The Morgan fingerprint density at radius 1 is 1.00 bits per heavy atom. The molecule has 0 aliphatic carbocycles. The first-order valence-corrected chi connectivity index (χ1v) is 5.49. The van der Waals surface area contributed by atoms with Crippen molar-refractivity contribution in [1.29, 1.82) is 0 Å². The van der Waals surface area contributed by atoms with Crippen molar-refractivity contribution in [2.75, 3.05) is 0 Å². The van der Waals surface area contributed by atoms with E-state index in [0.29, 0.717) is 0 Å². The fourth-order valence-corrected chi connectivity index (χ4v) is 1.38. The Morgan fingerprint density at radius 3 is 2.31 bits per heavy atom. The van der Waals surface area contributed by atoms with Crippen LogP contribution in [0.3, 0.4) is 0 Å². The van der Waals surface area contributed by atoms with Crippen LogP contribution in [0.5, 0.6) is 0 Å². The Balaban J connectivity index is 2.34. The summed E-state index contributed by atoms with van der Waals surface area (Å²) in [5, 5.41) is 8.90. The van der Waals surface area contributed by atoms with Crippen LogP contribution in [0.2, 0.25) is 0 Å². The van der Waals surface area contributed by atoms with E-state index >= 15 is 0 Å². The lowest BCUT2D eigenvalue weighted by Crippen LogP contribution is -1.86. The molecule has 0 heterocycles. The summed E-state index contributed by atoms with van der Waals surface area (Å²) in [6, 6.07) is 8.07. The number of aryl methyl sites for hydroxylation is 1. The van der Waals surface area contributed by atoms with Gasteiger partial charge in [0.1, 0.15) is 0 Å². The molecule has 0 unspecified atom stereocenters. The molecule has 0 atom stereocenters. The summed E-state index contributed by atoms with van der Waals surface area (Å²) in [6.45, 7) is 3.72. The van der Waals surface area contributed by atoms with Crippen LogP contribution in [-0.4, -0.2) is 5.11 Å². The third kappa shape index (κ3) is 4.76. The molecule has 1 rings (SSSR count). The summed E-state index contributed by atoms with van der Waals surface area (Å²) in [6.07, 6.45) is 11.9. The van der Waals surface area contributed by atoms with Gasteiger partial charge in [-0.15, -0.1) is 0 Å². The van der Waals surface area contributed by atoms with E-state index < -0.39 is 0 Å². The van der Waals surface area contributed by atoms with Gasteiger partial charge in [-0.3, -0.25) is 0 Å². The van der Waals surface area contributed by atoms with Crippen molar-refractivity contribution in [3.8, 4) is 0 Å². The van der Waals surface area contributed by atoms with Crippen molar-refractivity contribution in [3.63, 3.8) is 0 Å². The Bertz CT molecular complexity index is 358. The number of rotatable bonds is 6. The summed E-state index contributed by atoms with van der Waals surface area (Å²) in [4.78, 5) is 0. The number of aliphatic hydroxyl groups excluding tert-OH is 1. The fourth-order valence-electron chi connectivity index (χ4n) is 1.38. The lowest BCUT2D eigenvalue weighted by Gasteiger charge is -1.99. The molecule has 1 N–H and O–H groups in total. The van der Waals surface area contributed by atoms with Crippen molar-refractivity contribution in [1.82, 2.24) is 0 Å². The highest BCUT2D eigenvalue weighted by Crippen LogP contribution is 2.07. The molecule has 1 aromatic rings. The highest BCUT2D eigenvalue weighted by molar-refractivity contribution is 5.22. The van der Waals surface area contributed by atoms with Crippen LogP contribution >= 0.6 is 0 Å². The minimum atomic E-state index is 0.118. The molecule has 0 amide bonds. The SMILES string of the molecule is C=C/C=C\C=C/CCc1ccc(CO)cc1. The van der Waals surface area contributed by atoms with Gasteiger partial charge in [-0.25, -0.2) is 0 Å². The minimum Gasteiger partial charge on any atom is -0.392 e. The Kier molecular flexibility index (Phi) is 5.97. The van der Waals surface area contributed by atoms with Crippen LogP contribution in [0.4, 0.5) is 0 Å². The zero-order valence-electron chi connectivity index (χ0n) is 9.47. The molecule has 0 aliphatic heterocycles. The van der Waals surface area contributed by atoms with Crippen molar-refractivity contribution < 1.29 is 5.11 Å². The minimum absolute atomic E-state index is 0.118. The van der Waals surface area contributed by atoms with Crippen molar-refractivity contribution in [3.05, 3.63) is 72.4 Å². The van der Waals surface area contributed by atoms with Gasteiger partial charge in [0.05, 0.1) is 6.61 Å². The summed E-state index contributed by atoms with van der Waals surface area (Å²) >= 11 is 0. The number of benzene rings is 1. The zero-order valence-corrected chi connectivity index (χ0v) is 9.47. The van der Waals surface area contributed by atoms with E-state index in [1.54, 1.807) is 6.08 Å². The largest absolute Gasteiger partial charge is 0.392 e. The number of aliphatic hydroxyl groups is 1. The Labute approximate surface area is 97.4 Å². The van der Waals surface area contributed by atoms with Crippen LogP contribution in [0.1, 0.15) is 17.5 Å².